The van der Waals surface area contributed by atoms with Gasteiger partial charge in [-0.2, -0.15) is 5.10 Å². The fourth-order valence-electron chi connectivity index (χ4n) is 1.55. The molecular weight excluding hydrogens is 160 g/mol. The maximum absolute atomic E-state index is 4.34. The Labute approximate surface area is 80.3 Å². The zero-order valence-electron chi connectivity index (χ0n) is 8.58. The lowest BCUT2D eigenvalue weighted by atomic mass is 10.1. The van der Waals surface area contributed by atoms with E-state index in [9.17, 15) is 0 Å². The molecule has 0 saturated heterocycles. The molecule has 0 aliphatic rings. The van der Waals surface area contributed by atoms with Crippen LogP contribution in [0, 0.1) is 0 Å². The Hall–Kier alpha value is -1.05. The topological polar surface area (TPSA) is 17.8 Å². The maximum Gasteiger partial charge on any atom is 0.0524 e. The highest BCUT2D eigenvalue weighted by Gasteiger charge is 2.06. The first kappa shape index (κ1) is 10.0. The van der Waals surface area contributed by atoms with Gasteiger partial charge in [-0.25, -0.2) is 0 Å². The first-order valence-corrected chi connectivity index (χ1v) is 4.97. The number of rotatable bonds is 5. The predicted octanol–water partition coefficient (Wildman–Crippen LogP) is 2.58. The summed E-state index contributed by atoms with van der Waals surface area (Å²) in [5.74, 6) is 0. The van der Waals surface area contributed by atoms with E-state index in [1.54, 1.807) is 0 Å². The zero-order valence-corrected chi connectivity index (χ0v) is 8.58. The van der Waals surface area contributed by atoms with Gasteiger partial charge in [0.1, 0.15) is 0 Å². The van der Waals surface area contributed by atoms with Gasteiger partial charge in [0.05, 0.1) is 6.20 Å². The second kappa shape index (κ2) is 4.85. The van der Waals surface area contributed by atoms with E-state index in [1.165, 1.54) is 11.3 Å². The summed E-state index contributed by atoms with van der Waals surface area (Å²) in [6.07, 6.45) is 7.14. The Morgan fingerprint density at radius 2 is 2.31 bits per heavy atom. The molecule has 1 heterocycles. The molecule has 0 aliphatic carbocycles. The van der Waals surface area contributed by atoms with E-state index in [1.807, 2.05) is 12.3 Å². The molecule has 0 fully saturated rings. The molecule has 0 spiro atoms. The van der Waals surface area contributed by atoms with Gasteiger partial charge in [-0.15, -0.1) is 6.58 Å². The minimum absolute atomic E-state index is 0.965. The molecule has 13 heavy (non-hydrogen) atoms. The van der Waals surface area contributed by atoms with Gasteiger partial charge in [-0.05, 0) is 31.7 Å². The third kappa shape index (κ3) is 2.20. The Balaban J connectivity index is 2.84. The van der Waals surface area contributed by atoms with Crippen molar-refractivity contribution in [3.63, 3.8) is 0 Å². The second-order valence-corrected chi connectivity index (χ2v) is 3.11. The van der Waals surface area contributed by atoms with Gasteiger partial charge in [-0.3, -0.25) is 4.68 Å². The van der Waals surface area contributed by atoms with Crippen molar-refractivity contribution in [2.75, 3.05) is 0 Å². The van der Waals surface area contributed by atoms with Crippen LogP contribution in [0.2, 0.25) is 0 Å². The van der Waals surface area contributed by atoms with Gasteiger partial charge in [-0.1, -0.05) is 13.0 Å². The van der Waals surface area contributed by atoms with E-state index in [0.717, 1.165) is 25.8 Å². The highest BCUT2D eigenvalue weighted by Crippen LogP contribution is 2.11. The van der Waals surface area contributed by atoms with Crippen molar-refractivity contribution >= 4 is 0 Å². The van der Waals surface area contributed by atoms with Crippen LogP contribution in [0.15, 0.2) is 18.9 Å². The summed E-state index contributed by atoms with van der Waals surface area (Å²) >= 11 is 0. The standard InChI is InChI=1S/C11H18N2/c1-4-7-8-11-10(5-2)9-12-13(11)6-3/h4,9H,1,5-8H2,2-3H3. The Kier molecular flexibility index (Phi) is 3.74. The van der Waals surface area contributed by atoms with E-state index in [4.69, 9.17) is 0 Å². The van der Waals surface area contributed by atoms with Gasteiger partial charge in [0.15, 0.2) is 0 Å². The average Bonchev–Trinajstić information content (AvgIpc) is 2.56. The molecule has 0 aromatic carbocycles. The fraction of sp³-hybridized carbons (Fsp3) is 0.545. The lowest BCUT2D eigenvalue weighted by Crippen LogP contribution is -2.03. The molecule has 2 heteroatoms. The van der Waals surface area contributed by atoms with E-state index in [0.29, 0.717) is 0 Å². The number of aryl methyl sites for hydroxylation is 2. The molecule has 0 atom stereocenters. The lowest BCUT2D eigenvalue weighted by molar-refractivity contribution is 0.618. The molecule has 0 bridgehead atoms. The van der Waals surface area contributed by atoms with E-state index < -0.39 is 0 Å². The quantitative estimate of drug-likeness (QED) is 0.634. The van der Waals surface area contributed by atoms with Crippen LogP contribution in [0.1, 0.15) is 31.5 Å². The number of aromatic nitrogens is 2. The molecular formula is C11H18N2. The second-order valence-electron chi connectivity index (χ2n) is 3.11. The van der Waals surface area contributed by atoms with Crippen LogP contribution in [0.4, 0.5) is 0 Å². The van der Waals surface area contributed by atoms with Crippen LogP contribution in [0.25, 0.3) is 0 Å². The predicted molar refractivity (Wildman–Crippen MR) is 55.8 cm³/mol. The van der Waals surface area contributed by atoms with Crippen LogP contribution in [0.5, 0.6) is 0 Å². The Bertz CT molecular complexity index is 252. The van der Waals surface area contributed by atoms with Crippen molar-refractivity contribution in [1.82, 2.24) is 9.78 Å². The molecule has 0 aliphatic heterocycles. The first-order valence-electron chi connectivity index (χ1n) is 4.97. The highest BCUT2D eigenvalue weighted by atomic mass is 15.3. The molecule has 1 aromatic rings. The molecule has 1 aromatic heterocycles. The third-order valence-electron chi connectivity index (χ3n) is 2.30. The summed E-state index contributed by atoms with van der Waals surface area (Å²) in [7, 11) is 0. The van der Waals surface area contributed by atoms with E-state index in [-0.39, 0.29) is 0 Å². The zero-order chi connectivity index (χ0) is 9.68. The monoisotopic (exact) mass is 178 g/mol. The number of hydrogen-bond donors (Lipinski definition) is 0. The molecule has 72 valence electrons. The SMILES string of the molecule is C=CCCc1c(CC)cnn1CC. The minimum atomic E-state index is 0.965. The van der Waals surface area contributed by atoms with Gasteiger partial charge >= 0.3 is 0 Å². The van der Waals surface area contributed by atoms with Crippen molar-refractivity contribution in [3.05, 3.63) is 30.1 Å². The lowest BCUT2D eigenvalue weighted by Gasteiger charge is -2.05. The molecule has 0 unspecified atom stereocenters. The fourth-order valence-corrected chi connectivity index (χ4v) is 1.55. The van der Waals surface area contributed by atoms with Crippen molar-refractivity contribution in [3.8, 4) is 0 Å². The molecule has 2 nitrogen and oxygen atoms in total. The van der Waals surface area contributed by atoms with E-state index in [2.05, 4.69) is 30.2 Å². The van der Waals surface area contributed by atoms with Crippen LogP contribution < -0.4 is 0 Å². The van der Waals surface area contributed by atoms with Crippen LogP contribution in [-0.4, -0.2) is 9.78 Å². The van der Waals surface area contributed by atoms with Crippen LogP contribution in [-0.2, 0) is 19.4 Å². The summed E-state index contributed by atoms with van der Waals surface area (Å²) in [4.78, 5) is 0. The Morgan fingerprint density at radius 3 is 2.85 bits per heavy atom. The molecule has 0 saturated carbocycles. The van der Waals surface area contributed by atoms with Crippen molar-refractivity contribution in [1.29, 1.82) is 0 Å². The van der Waals surface area contributed by atoms with E-state index >= 15 is 0 Å². The van der Waals surface area contributed by atoms with Gasteiger partial charge in [0.25, 0.3) is 0 Å². The highest BCUT2D eigenvalue weighted by molar-refractivity contribution is 5.18. The number of nitrogens with zero attached hydrogens (tertiary/aromatic N) is 2. The van der Waals surface area contributed by atoms with Crippen molar-refractivity contribution in [2.45, 2.75) is 39.7 Å². The maximum atomic E-state index is 4.34. The molecule has 1 rings (SSSR count). The van der Waals surface area contributed by atoms with Crippen LogP contribution >= 0.6 is 0 Å². The average molecular weight is 178 g/mol. The summed E-state index contributed by atoms with van der Waals surface area (Å²) < 4.78 is 2.09. The largest absolute Gasteiger partial charge is 0.270 e. The summed E-state index contributed by atoms with van der Waals surface area (Å²) in [6, 6.07) is 0. The minimum Gasteiger partial charge on any atom is -0.270 e. The Morgan fingerprint density at radius 1 is 1.54 bits per heavy atom. The summed E-state index contributed by atoms with van der Waals surface area (Å²) in [5, 5.41) is 4.34. The number of allylic oxidation sites excluding steroid dienone is 1. The summed E-state index contributed by atoms with van der Waals surface area (Å²) in [6.45, 7) is 9.01. The van der Waals surface area contributed by atoms with Gasteiger partial charge in [0, 0.05) is 12.2 Å². The molecule has 0 radical (unpaired) electrons. The third-order valence-corrected chi connectivity index (χ3v) is 2.30. The van der Waals surface area contributed by atoms with Gasteiger partial charge < -0.3 is 0 Å². The molecule has 0 N–H and O–H groups in total. The normalized spacial score (nSPS) is 10.3. The number of hydrogen-bond acceptors (Lipinski definition) is 1. The first-order chi connectivity index (χ1) is 6.33. The van der Waals surface area contributed by atoms with Crippen molar-refractivity contribution < 1.29 is 0 Å². The molecule has 0 amide bonds. The smallest absolute Gasteiger partial charge is 0.0524 e. The van der Waals surface area contributed by atoms with Gasteiger partial charge in [0.2, 0.25) is 0 Å². The van der Waals surface area contributed by atoms with Crippen LogP contribution in [0.3, 0.4) is 0 Å². The summed E-state index contributed by atoms with van der Waals surface area (Å²) in [5.41, 5.74) is 2.76. The van der Waals surface area contributed by atoms with Crippen molar-refractivity contribution in [2.24, 2.45) is 0 Å².